The molecule has 0 unspecified atom stereocenters. The van der Waals surface area contributed by atoms with Crippen molar-refractivity contribution in [1.29, 1.82) is 0 Å². The zero-order valence-corrected chi connectivity index (χ0v) is 12.2. The zero-order chi connectivity index (χ0) is 15.0. The highest BCUT2D eigenvalue weighted by Crippen LogP contribution is 2.04. The minimum Gasteiger partial charge on any atom is -0.366 e. The highest BCUT2D eigenvalue weighted by molar-refractivity contribution is 5.92. The molecule has 3 N–H and O–H groups in total. The molecule has 0 aliphatic rings. The van der Waals surface area contributed by atoms with Gasteiger partial charge in [0.2, 0.25) is 11.8 Å². The number of amides is 2. The summed E-state index contributed by atoms with van der Waals surface area (Å²) >= 11 is 0. The van der Waals surface area contributed by atoms with Crippen molar-refractivity contribution in [2.45, 2.75) is 26.8 Å². The molecule has 0 spiro atoms. The fourth-order valence-corrected chi connectivity index (χ4v) is 2.00. The van der Waals surface area contributed by atoms with E-state index in [1.807, 2.05) is 24.8 Å². The van der Waals surface area contributed by atoms with Crippen LogP contribution in [-0.4, -0.2) is 36.3 Å². The molecule has 0 bridgehead atoms. The largest absolute Gasteiger partial charge is 0.366 e. The Morgan fingerprint density at radius 2 is 1.95 bits per heavy atom. The number of primary amides is 1. The van der Waals surface area contributed by atoms with E-state index in [4.69, 9.17) is 5.73 Å². The number of rotatable bonds is 8. The van der Waals surface area contributed by atoms with Gasteiger partial charge in [-0.2, -0.15) is 0 Å². The van der Waals surface area contributed by atoms with Crippen LogP contribution in [0.4, 0.5) is 0 Å². The first-order valence-corrected chi connectivity index (χ1v) is 6.95. The first-order chi connectivity index (χ1) is 9.58. The molecule has 0 aromatic heterocycles. The van der Waals surface area contributed by atoms with Crippen LogP contribution in [0.2, 0.25) is 0 Å². The molecule has 0 radical (unpaired) electrons. The van der Waals surface area contributed by atoms with E-state index >= 15 is 0 Å². The summed E-state index contributed by atoms with van der Waals surface area (Å²) in [5.41, 5.74) is 6.72. The van der Waals surface area contributed by atoms with E-state index in [0.29, 0.717) is 25.1 Å². The smallest absolute Gasteiger partial charge is 0.248 e. The highest BCUT2D eigenvalue weighted by Gasteiger charge is 2.08. The van der Waals surface area contributed by atoms with Crippen LogP contribution >= 0.6 is 0 Å². The predicted molar refractivity (Wildman–Crippen MR) is 79.2 cm³/mol. The number of hydrogen-bond acceptors (Lipinski definition) is 3. The molecule has 0 atom stereocenters. The molecule has 20 heavy (non-hydrogen) atoms. The maximum absolute atomic E-state index is 11.8. The Kier molecular flexibility index (Phi) is 6.73. The van der Waals surface area contributed by atoms with Crippen LogP contribution in [0.3, 0.4) is 0 Å². The Hall–Kier alpha value is -1.88. The number of hydrogen-bond donors (Lipinski definition) is 2. The van der Waals surface area contributed by atoms with Gasteiger partial charge in [-0.1, -0.05) is 12.1 Å². The van der Waals surface area contributed by atoms with Gasteiger partial charge in [-0.05, 0) is 31.5 Å². The number of benzene rings is 1. The van der Waals surface area contributed by atoms with Crippen LogP contribution < -0.4 is 11.1 Å². The van der Waals surface area contributed by atoms with Crippen molar-refractivity contribution in [3.63, 3.8) is 0 Å². The topological polar surface area (TPSA) is 75.4 Å². The molecule has 5 heteroatoms. The minimum atomic E-state index is -0.427. The Bertz CT molecular complexity index is 456. The Balaban J connectivity index is 2.36. The fourth-order valence-electron chi connectivity index (χ4n) is 2.00. The average Bonchev–Trinajstić information content (AvgIpc) is 2.45. The van der Waals surface area contributed by atoms with Crippen molar-refractivity contribution in [3.05, 3.63) is 35.4 Å². The monoisotopic (exact) mass is 277 g/mol. The molecule has 2 amide bonds. The van der Waals surface area contributed by atoms with Crippen LogP contribution in [-0.2, 0) is 11.3 Å². The van der Waals surface area contributed by atoms with Crippen LogP contribution in [0.25, 0.3) is 0 Å². The lowest BCUT2D eigenvalue weighted by molar-refractivity contribution is -0.130. The standard InChI is InChI=1S/C15H23N3O2/c1-3-18(4-2)14(19)8-9-17-11-12-6-5-7-13(10-12)15(16)20/h5-7,10,17H,3-4,8-9,11H2,1-2H3,(H2,16,20). The van der Waals surface area contributed by atoms with E-state index in [9.17, 15) is 9.59 Å². The quantitative estimate of drug-likeness (QED) is 0.700. The van der Waals surface area contributed by atoms with E-state index < -0.39 is 5.91 Å². The lowest BCUT2D eigenvalue weighted by Crippen LogP contribution is -2.32. The second kappa shape index (κ2) is 8.32. The fraction of sp³-hybridized carbons (Fsp3) is 0.467. The van der Waals surface area contributed by atoms with E-state index in [-0.39, 0.29) is 5.91 Å². The number of carbonyl (C=O) groups excluding carboxylic acids is 2. The molecule has 110 valence electrons. The van der Waals surface area contributed by atoms with Crippen molar-refractivity contribution in [3.8, 4) is 0 Å². The van der Waals surface area contributed by atoms with E-state index in [1.165, 1.54) is 0 Å². The Labute approximate surface area is 120 Å². The summed E-state index contributed by atoms with van der Waals surface area (Å²) in [6, 6.07) is 7.18. The second-order valence-electron chi connectivity index (χ2n) is 4.56. The molecule has 0 aliphatic heterocycles. The molecule has 1 aromatic carbocycles. The molecular weight excluding hydrogens is 254 g/mol. The number of nitrogens with one attached hydrogen (secondary N) is 1. The van der Waals surface area contributed by atoms with E-state index in [0.717, 1.165) is 18.7 Å². The Morgan fingerprint density at radius 3 is 2.55 bits per heavy atom. The minimum absolute atomic E-state index is 0.161. The van der Waals surface area contributed by atoms with Crippen molar-refractivity contribution < 1.29 is 9.59 Å². The first kappa shape index (κ1) is 16.2. The van der Waals surface area contributed by atoms with Crippen molar-refractivity contribution >= 4 is 11.8 Å². The van der Waals surface area contributed by atoms with Gasteiger partial charge in [-0.25, -0.2) is 0 Å². The van der Waals surface area contributed by atoms with Crippen LogP contribution in [0, 0.1) is 0 Å². The van der Waals surface area contributed by atoms with Crippen molar-refractivity contribution in [1.82, 2.24) is 10.2 Å². The van der Waals surface area contributed by atoms with E-state index in [1.54, 1.807) is 18.2 Å². The van der Waals surface area contributed by atoms with Gasteiger partial charge in [-0.15, -0.1) is 0 Å². The summed E-state index contributed by atoms with van der Waals surface area (Å²) in [7, 11) is 0. The van der Waals surface area contributed by atoms with Crippen molar-refractivity contribution in [2.75, 3.05) is 19.6 Å². The van der Waals surface area contributed by atoms with Gasteiger partial charge in [-0.3, -0.25) is 9.59 Å². The van der Waals surface area contributed by atoms with Crippen molar-refractivity contribution in [2.24, 2.45) is 5.73 Å². The molecule has 0 saturated carbocycles. The molecule has 0 heterocycles. The third-order valence-corrected chi connectivity index (χ3v) is 3.17. The molecule has 1 rings (SSSR count). The SMILES string of the molecule is CCN(CC)C(=O)CCNCc1cccc(C(N)=O)c1. The van der Waals surface area contributed by atoms with Gasteiger partial charge >= 0.3 is 0 Å². The molecule has 1 aromatic rings. The lowest BCUT2D eigenvalue weighted by atomic mass is 10.1. The third-order valence-electron chi connectivity index (χ3n) is 3.17. The number of nitrogens with zero attached hydrogens (tertiary/aromatic N) is 1. The van der Waals surface area contributed by atoms with E-state index in [2.05, 4.69) is 5.32 Å². The van der Waals surface area contributed by atoms with Gasteiger partial charge in [0.1, 0.15) is 0 Å². The summed E-state index contributed by atoms with van der Waals surface area (Å²) in [5, 5.41) is 3.20. The number of carbonyl (C=O) groups is 2. The molecule has 0 saturated heterocycles. The zero-order valence-electron chi connectivity index (χ0n) is 12.2. The first-order valence-electron chi connectivity index (χ1n) is 6.95. The second-order valence-corrected chi connectivity index (χ2v) is 4.56. The van der Waals surface area contributed by atoms with Gasteiger partial charge in [0.15, 0.2) is 0 Å². The normalized spacial score (nSPS) is 10.3. The summed E-state index contributed by atoms with van der Waals surface area (Å²) in [5.74, 6) is -0.267. The van der Waals surface area contributed by atoms with Gasteiger partial charge < -0.3 is 16.0 Å². The lowest BCUT2D eigenvalue weighted by Gasteiger charge is -2.18. The van der Waals surface area contributed by atoms with Crippen LogP contribution in [0.5, 0.6) is 0 Å². The maximum Gasteiger partial charge on any atom is 0.248 e. The number of nitrogens with two attached hydrogens (primary N) is 1. The summed E-state index contributed by atoms with van der Waals surface area (Å²) < 4.78 is 0. The molecular formula is C15H23N3O2. The Morgan fingerprint density at radius 1 is 1.25 bits per heavy atom. The molecule has 5 nitrogen and oxygen atoms in total. The summed E-state index contributed by atoms with van der Waals surface area (Å²) in [4.78, 5) is 24.7. The highest BCUT2D eigenvalue weighted by atomic mass is 16.2. The van der Waals surface area contributed by atoms with Gasteiger partial charge in [0.25, 0.3) is 0 Å². The summed E-state index contributed by atoms with van der Waals surface area (Å²) in [6.45, 7) is 6.68. The third kappa shape index (κ3) is 5.01. The maximum atomic E-state index is 11.8. The average molecular weight is 277 g/mol. The van der Waals surface area contributed by atoms with Crippen LogP contribution in [0.1, 0.15) is 36.2 Å². The van der Waals surface area contributed by atoms with Gasteiger partial charge in [0, 0.05) is 38.2 Å². The van der Waals surface area contributed by atoms with Crippen LogP contribution in [0.15, 0.2) is 24.3 Å². The molecule has 0 fully saturated rings. The van der Waals surface area contributed by atoms with Gasteiger partial charge in [0.05, 0.1) is 0 Å². The summed E-state index contributed by atoms with van der Waals surface area (Å²) in [6.07, 6.45) is 0.483. The molecule has 0 aliphatic carbocycles. The predicted octanol–water partition coefficient (Wildman–Crippen LogP) is 1.13.